The lowest BCUT2D eigenvalue weighted by molar-refractivity contribution is -0.137. The minimum Gasteiger partial charge on any atom is -0.453 e. The van der Waals surface area contributed by atoms with Gasteiger partial charge < -0.3 is 39.9 Å². The molecule has 69 heavy (non-hydrogen) atoms. The van der Waals surface area contributed by atoms with Crippen LogP contribution in [-0.2, 0) is 41.4 Å². The quantitative estimate of drug-likeness (QED) is 0.0750. The first kappa shape index (κ1) is 47.2. The lowest BCUT2D eigenvalue weighted by Gasteiger charge is -2.36. The van der Waals surface area contributed by atoms with Gasteiger partial charge in [0.1, 0.15) is 23.7 Å². The average molecular weight is 965 g/mol. The van der Waals surface area contributed by atoms with E-state index < -0.39 is 56.9 Å². The number of nitrogens with one attached hydrogen (secondary N) is 4. The van der Waals surface area contributed by atoms with Crippen LogP contribution < -0.4 is 10.6 Å². The predicted molar refractivity (Wildman–Crippen MR) is 253 cm³/mol. The lowest BCUT2D eigenvalue weighted by Crippen LogP contribution is -2.53. The van der Waals surface area contributed by atoms with Crippen LogP contribution >= 0.6 is 0 Å². The first-order valence-corrected chi connectivity index (χ1v) is 24.7. The predicted octanol–water partition coefficient (Wildman–Crippen LogP) is 7.75. The van der Waals surface area contributed by atoms with Crippen LogP contribution in [0.15, 0.2) is 84.9 Å². The van der Waals surface area contributed by atoms with Crippen LogP contribution in [-0.4, -0.2) is 107 Å². The third kappa shape index (κ3) is 8.65. The van der Waals surface area contributed by atoms with Gasteiger partial charge in [0.25, 0.3) is 11.8 Å². The highest BCUT2D eigenvalue weighted by Gasteiger charge is 2.52. The van der Waals surface area contributed by atoms with Crippen LogP contribution in [0.25, 0.3) is 44.5 Å². The van der Waals surface area contributed by atoms with Crippen molar-refractivity contribution >= 4 is 44.9 Å². The van der Waals surface area contributed by atoms with E-state index >= 15 is 8.78 Å². The number of hydrogen-bond acceptors (Lipinski definition) is 10. The molecule has 2 bridgehead atoms. The van der Waals surface area contributed by atoms with Gasteiger partial charge in [-0.25, -0.2) is 28.0 Å². The number of halogens is 2. The van der Waals surface area contributed by atoms with E-state index in [0.29, 0.717) is 75.6 Å². The summed E-state index contributed by atoms with van der Waals surface area (Å²) in [5.41, 5.74) is 3.65. The Morgan fingerprint density at radius 2 is 1.58 bits per heavy atom. The average Bonchev–Trinajstić information content (AvgIpc) is 3.84. The number of likely N-dealkylation sites (tertiary alicyclic amines) is 1. The summed E-state index contributed by atoms with van der Waals surface area (Å²) < 4.78 is 67.9. The van der Waals surface area contributed by atoms with Crippen molar-refractivity contribution in [2.75, 3.05) is 27.0 Å². The first-order valence-electron chi connectivity index (χ1n) is 22.8. The van der Waals surface area contributed by atoms with Gasteiger partial charge in [0.2, 0.25) is 5.91 Å². The van der Waals surface area contributed by atoms with E-state index in [1.807, 2.05) is 26.0 Å². The normalized spacial score (nSPS) is 20.2. The van der Waals surface area contributed by atoms with Crippen LogP contribution in [0.1, 0.15) is 74.8 Å². The zero-order chi connectivity index (χ0) is 49.3. The molecule has 4 N–H and O–H groups in total. The zero-order valence-corrected chi connectivity index (χ0v) is 39.7. The van der Waals surface area contributed by atoms with Gasteiger partial charge in [-0.1, -0.05) is 56.8 Å². The van der Waals surface area contributed by atoms with Crippen LogP contribution in [0.4, 0.5) is 18.4 Å². The summed E-state index contributed by atoms with van der Waals surface area (Å²) in [5.74, 6) is -3.58. The smallest absolute Gasteiger partial charge is 0.407 e. The number of piperidine rings is 1. The molecule has 16 nitrogen and oxygen atoms in total. The Bertz CT molecular complexity index is 3050. The number of methoxy groups -OCH3 is 2. The van der Waals surface area contributed by atoms with Crippen molar-refractivity contribution in [2.45, 2.75) is 82.6 Å². The van der Waals surface area contributed by atoms with E-state index in [0.717, 1.165) is 32.6 Å². The van der Waals surface area contributed by atoms with Crippen LogP contribution in [0.2, 0.25) is 0 Å². The third-order valence-electron chi connectivity index (χ3n) is 14.3. The topological polar surface area (TPSA) is 209 Å². The number of amides is 4. The Morgan fingerprint density at radius 1 is 0.942 bits per heavy atom. The summed E-state index contributed by atoms with van der Waals surface area (Å²) in [6, 6.07) is 12.1. The third-order valence-corrected chi connectivity index (χ3v) is 15.5. The summed E-state index contributed by atoms with van der Waals surface area (Å²) in [5, 5.41) is 5.01. The lowest BCUT2D eigenvalue weighted by atomic mass is 9.97. The molecule has 3 aromatic carbocycles. The van der Waals surface area contributed by atoms with Gasteiger partial charge in [-0.15, -0.1) is 6.58 Å². The van der Waals surface area contributed by atoms with Gasteiger partial charge in [0, 0.05) is 40.9 Å². The molecule has 1 aliphatic heterocycles. The molecule has 3 fully saturated rings. The second-order valence-corrected chi connectivity index (χ2v) is 21.1. The van der Waals surface area contributed by atoms with Crippen LogP contribution in [0, 0.1) is 17.3 Å². The Labute approximate surface area is 397 Å². The van der Waals surface area contributed by atoms with Gasteiger partial charge in [0.05, 0.1) is 54.6 Å². The monoisotopic (exact) mass is 964 g/mol. The SMILES string of the molecule is C=CC1(CN(Cc2ncc(-c3ccc4c(c3)C(F)(F)c3cc(-c5ccc6nc([C@@H]7[C@H]8CC[C@H](C8)N7C(=O)[C@@H](NC(=O)OC)C(=C)S(C)(=O)=O)[nH]c6c5)ccc3-4)[nH]2)C(=O)[C@@H](NC(=O)OC)C(C)C)CC1. The fourth-order valence-electron chi connectivity index (χ4n) is 10.2. The van der Waals surface area contributed by atoms with Gasteiger partial charge in [-0.3, -0.25) is 9.59 Å². The summed E-state index contributed by atoms with van der Waals surface area (Å²) in [7, 11) is -1.59. The van der Waals surface area contributed by atoms with Crippen molar-refractivity contribution < 1.29 is 45.9 Å². The minimum absolute atomic E-state index is 0.0183. The Balaban J connectivity index is 0.954. The summed E-state index contributed by atoms with van der Waals surface area (Å²) in [6.45, 7) is 11.7. The number of benzene rings is 3. The fourth-order valence-corrected chi connectivity index (χ4v) is 10.8. The molecular formula is C50H54F2N8O8S. The van der Waals surface area contributed by atoms with Crippen molar-refractivity contribution in [3.63, 3.8) is 0 Å². The highest BCUT2D eigenvalue weighted by molar-refractivity contribution is 7.94. The number of aromatic nitrogens is 4. The number of nitrogens with zero attached hydrogens (tertiary/aromatic N) is 4. The molecule has 4 amide bonds. The van der Waals surface area contributed by atoms with E-state index in [9.17, 15) is 27.6 Å². The number of rotatable bonds is 15. The number of carbonyl (C=O) groups is 4. The molecule has 19 heteroatoms. The zero-order valence-electron chi connectivity index (χ0n) is 38.9. The molecule has 9 rings (SSSR count). The molecule has 3 heterocycles. The van der Waals surface area contributed by atoms with Gasteiger partial charge >= 0.3 is 12.2 Å². The summed E-state index contributed by atoms with van der Waals surface area (Å²) in [4.78, 5) is 71.4. The van der Waals surface area contributed by atoms with Gasteiger partial charge in [-0.2, -0.15) is 8.78 Å². The molecule has 5 aromatic rings. The molecule has 1 saturated heterocycles. The van der Waals surface area contributed by atoms with Gasteiger partial charge in [0.15, 0.2) is 9.84 Å². The van der Waals surface area contributed by atoms with E-state index in [-0.39, 0.29) is 46.9 Å². The molecule has 362 valence electrons. The number of imidazole rings is 2. The number of ether oxygens (including phenoxy) is 2. The molecule has 5 atom stereocenters. The Kier molecular flexibility index (Phi) is 12.0. The first-order chi connectivity index (χ1) is 32.7. The molecule has 4 aliphatic rings. The molecule has 0 radical (unpaired) electrons. The van der Waals surface area contributed by atoms with Crippen LogP contribution in [0.5, 0.6) is 0 Å². The maximum Gasteiger partial charge on any atom is 0.407 e. The molecular weight excluding hydrogens is 911 g/mol. The van der Waals surface area contributed by atoms with Crippen molar-refractivity contribution in [2.24, 2.45) is 17.3 Å². The largest absolute Gasteiger partial charge is 0.453 e. The number of fused-ring (bicyclic) bond motifs is 6. The molecule has 3 aliphatic carbocycles. The number of alkyl carbamates (subject to hydrolysis) is 2. The number of hydrogen-bond donors (Lipinski definition) is 4. The van der Waals surface area contributed by atoms with Gasteiger partial charge in [-0.05, 0) is 90.5 Å². The summed E-state index contributed by atoms with van der Waals surface area (Å²) >= 11 is 0. The highest BCUT2D eigenvalue weighted by atomic mass is 32.2. The molecule has 0 spiro atoms. The maximum absolute atomic E-state index is 16.7. The number of alkyl halides is 2. The number of aromatic amines is 2. The number of H-pyrrole nitrogens is 2. The minimum atomic E-state index is -3.94. The summed E-state index contributed by atoms with van der Waals surface area (Å²) in [6.07, 6.45) is 6.56. The van der Waals surface area contributed by atoms with E-state index in [1.165, 1.54) is 19.2 Å². The van der Waals surface area contributed by atoms with E-state index in [2.05, 4.69) is 38.7 Å². The standard InChI is InChI=1S/C50H54F2N8O8S/c1-8-49(17-18-49)25-59(45(61)41(26(2)3)57-47(63)67-5)24-40-53-23-39(54-40)30-11-15-34-33-14-10-28(20-35(33)50(51,52)36(34)21-30)29-12-16-37-38(22-29)56-44(55-37)43-31-9-13-32(19-31)60(43)46(62)42(58-48(64)68-6)27(4)69(7,65)66/h8,10-12,14-16,20-23,26,31-32,41-43H,1,4,9,13,17-19,24-25H2,2-3,5-7H3,(H,53,54)(H,55,56)(H,57,63)(H,58,64)/t31-,32+,41-,42-,43-/m0/s1. The Morgan fingerprint density at radius 3 is 2.22 bits per heavy atom. The second-order valence-electron chi connectivity index (χ2n) is 19.0. The molecule has 2 saturated carbocycles. The second kappa shape index (κ2) is 17.6. The van der Waals surface area contributed by atoms with Crippen molar-refractivity contribution in [1.82, 2.24) is 40.4 Å². The maximum atomic E-state index is 16.7. The van der Waals surface area contributed by atoms with Crippen molar-refractivity contribution in [1.29, 1.82) is 0 Å². The van der Waals surface area contributed by atoms with Crippen molar-refractivity contribution in [3.05, 3.63) is 108 Å². The van der Waals surface area contributed by atoms with E-state index in [4.69, 9.17) is 14.5 Å². The highest BCUT2D eigenvalue weighted by Crippen LogP contribution is 2.54. The van der Waals surface area contributed by atoms with Crippen molar-refractivity contribution in [3.8, 4) is 33.5 Å². The molecule has 0 unspecified atom stereocenters. The Hall–Kier alpha value is -6.89. The fraction of sp³-hybridized carbons (Fsp3) is 0.400. The number of sulfone groups is 1. The number of carbonyl (C=O) groups excluding carboxylic acids is 4. The molecule has 2 aromatic heterocycles. The van der Waals surface area contributed by atoms with Crippen LogP contribution in [0.3, 0.4) is 0 Å². The van der Waals surface area contributed by atoms with E-state index in [1.54, 1.807) is 52.4 Å².